The van der Waals surface area contributed by atoms with E-state index in [1.807, 2.05) is 12.1 Å². The van der Waals surface area contributed by atoms with Gasteiger partial charge in [0.2, 0.25) is 10.0 Å². The van der Waals surface area contributed by atoms with Crippen molar-refractivity contribution >= 4 is 27.3 Å². The molecule has 6 nitrogen and oxygen atoms in total. The number of halogens is 3. The van der Waals surface area contributed by atoms with Gasteiger partial charge < -0.3 is 10.2 Å². The van der Waals surface area contributed by atoms with Crippen molar-refractivity contribution < 1.29 is 26.4 Å². The van der Waals surface area contributed by atoms with Crippen LogP contribution in [0, 0.1) is 0 Å². The molecule has 10 heteroatoms. The van der Waals surface area contributed by atoms with E-state index in [-0.39, 0.29) is 5.91 Å². The van der Waals surface area contributed by atoms with Gasteiger partial charge in [-0.25, -0.2) is 8.42 Å². The van der Waals surface area contributed by atoms with Crippen LogP contribution in [-0.2, 0) is 16.2 Å². The molecule has 1 saturated heterocycles. The Hall–Kier alpha value is -3.37. The van der Waals surface area contributed by atoms with E-state index in [0.717, 1.165) is 17.8 Å². The van der Waals surface area contributed by atoms with Crippen LogP contribution in [0.1, 0.15) is 15.9 Å². The molecule has 1 heterocycles. The molecule has 4 rings (SSSR count). The summed E-state index contributed by atoms with van der Waals surface area (Å²) in [6.07, 6.45) is -3.22. The first-order chi connectivity index (χ1) is 16.5. The Morgan fingerprint density at radius 1 is 0.857 bits per heavy atom. The Morgan fingerprint density at radius 3 is 2.03 bits per heavy atom. The van der Waals surface area contributed by atoms with Crippen molar-refractivity contribution in [3.8, 4) is 11.1 Å². The second-order valence-corrected chi connectivity index (χ2v) is 10.3. The van der Waals surface area contributed by atoms with Gasteiger partial charge >= 0.3 is 6.18 Å². The molecule has 0 radical (unpaired) electrons. The topological polar surface area (TPSA) is 69.7 Å². The maximum Gasteiger partial charge on any atom is 0.416 e. The van der Waals surface area contributed by atoms with Crippen LogP contribution < -0.4 is 10.2 Å². The van der Waals surface area contributed by atoms with Gasteiger partial charge in [0.05, 0.1) is 11.8 Å². The molecule has 1 N–H and O–H groups in total. The lowest BCUT2D eigenvalue weighted by molar-refractivity contribution is -0.137. The van der Waals surface area contributed by atoms with Gasteiger partial charge in [-0.2, -0.15) is 17.5 Å². The first-order valence-electron chi connectivity index (χ1n) is 10.9. The third-order valence-corrected chi connectivity index (χ3v) is 7.20. The second-order valence-electron chi connectivity index (χ2n) is 8.27. The van der Waals surface area contributed by atoms with E-state index in [2.05, 4.69) is 10.2 Å². The summed E-state index contributed by atoms with van der Waals surface area (Å²) in [5.41, 5.74) is 2.11. The minimum absolute atomic E-state index is 0.341. The van der Waals surface area contributed by atoms with E-state index in [4.69, 9.17) is 0 Å². The Kier molecular flexibility index (Phi) is 6.86. The number of nitrogens with one attached hydrogen (secondary N) is 1. The zero-order valence-corrected chi connectivity index (χ0v) is 19.7. The molecule has 0 saturated carbocycles. The molecular weight excluding hydrogens is 479 g/mol. The predicted octanol–water partition coefficient (Wildman–Crippen LogP) is 4.71. The molecular formula is C25H24F3N3O3S. The highest BCUT2D eigenvalue weighted by molar-refractivity contribution is 7.88. The largest absolute Gasteiger partial charge is 0.416 e. The number of anilines is 2. The molecule has 35 heavy (non-hydrogen) atoms. The molecule has 1 aliphatic rings. The van der Waals surface area contributed by atoms with Gasteiger partial charge in [0, 0.05) is 43.1 Å². The van der Waals surface area contributed by atoms with E-state index < -0.39 is 21.8 Å². The van der Waals surface area contributed by atoms with Crippen LogP contribution in [0.5, 0.6) is 0 Å². The van der Waals surface area contributed by atoms with Gasteiger partial charge in [0.25, 0.3) is 5.91 Å². The number of carbonyl (C=O) groups excluding carboxylic acids is 1. The number of alkyl halides is 3. The summed E-state index contributed by atoms with van der Waals surface area (Å²) in [5.74, 6) is -0.380. The van der Waals surface area contributed by atoms with Crippen LogP contribution in [0.2, 0.25) is 0 Å². The van der Waals surface area contributed by atoms with Gasteiger partial charge in [-0.05, 0) is 53.6 Å². The molecule has 1 amide bonds. The molecule has 0 atom stereocenters. The van der Waals surface area contributed by atoms with Gasteiger partial charge in [-0.3, -0.25) is 4.79 Å². The molecule has 0 unspecified atom stereocenters. The van der Waals surface area contributed by atoms with E-state index in [1.165, 1.54) is 22.7 Å². The number of nitrogens with zero attached hydrogens (tertiary/aromatic N) is 2. The third-order valence-electron chi connectivity index (χ3n) is 5.89. The Balaban J connectivity index is 1.45. The van der Waals surface area contributed by atoms with E-state index in [1.54, 1.807) is 36.4 Å². The van der Waals surface area contributed by atoms with Crippen molar-refractivity contribution in [3.05, 3.63) is 83.9 Å². The summed E-state index contributed by atoms with van der Waals surface area (Å²) < 4.78 is 63.5. The van der Waals surface area contributed by atoms with Gasteiger partial charge in [-0.1, -0.05) is 30.3 Å². The highest BCUT2D eigenvalue weighted by Crippen LogP contribution is 2.32. The van der Waals surface area contributed by atoms with Crippen LogP contribution >= 0.6 is 0 Å². The Morgan fingerprint density at radius 2 is 1.46 bits per heavy atom. The molecule has 0 aromatic heterocycles. The summed E-state index contributed by atoms with van der Waals surface area (Å²) in [5, 5.41) is 2.84. The highest BCUT2D eigenvalue weighted by atomic mass is 32.2. The number of sulfonamides is 1. The first kappa shape index (κ1) is 24.7. The highest BCUT2D eigenvalue weighted by Gasteiger charge is 2.30. The minimum atomic E-state index is -4.43. The summed E-state index contributed by atoms with van der Waals surface area (Å²) in [7, 11) is -3.20. The van der Waals surface area contributed by atoms with Gasteiger partial charge in [0.15, 0.2) is 0 Å². The second kappa shape index (κ2) is 9.71. The number of benzene rings is 3. The predicted molar refractivity (Wildman–Crippen MR) is 130 cm³/mol. The summed E-state index contributed by atoms with van der Waals surface area (Å²) >= 11 is 0. The SMILES string of the molecule is CS(=O)(=O)N1CCN(c2ccc(NC(=O)c3ccccc3-c3ccc(C(F)(F)F)cc3)cc2)CC1. The van der Waals surface area contributed by atoms with Crippen LogP contribution in [-0.4, -0.2) is 51.1 Å². The number of hydrogen-bond donors (Lipinski definition) is 1. The standard InChI is InChI=1S/C25H24F3N3O3S/c1-35(33,34)31-16-14-30(15-17-31)21-12-10-20(11-13-21)29-24(32)23-5-3-2-4-22(23)18-6-8-19(9-7-18)25(26,27)28/h2-13H,14-17H2,1H3,(H,29,32). The molecule has 1 aliphatic heterocycles. The van der Waals surface area contributed by atoms with Crippen molar-refractivity contribution in [1.82, 2.24) is 4.31 Å². The normalized spacial score (nSPS) is 15.1. The number of carbonyl (C=O) groups is 1. The molecule has 0 bridgehead atoms. The Labute approximate surface area is 202 Å². The van der Waals surface area contributed by atoms with E-state index in [0.29, 0.717) is 48.6 Å². The molecule has 3 aromatic rings. The molecule has 1 fully saturated rings. The average Bonchev–Trinajstić information content (AvgIpc) is 2.83. The lowest BCUT2D eigenvalue weighted by Gasteiger charge is -2.34. The molecule has 0 aliphatic carbocycles. The molecule has 184 valence electrons. The maximum atomic E-state index is 13.0. The number of rotatable bonds is 5. The van der Waals surface area contributed by atoms with Crippen LogP contribution in [0.3, 0.4) is 0 Å². The molecule has 3 aromatic carbocycles. The lowest BCUT2D eigenvalue weighted by Crippen LogP contribution is -2.48. The number of hydrogen-bond acceptors (Lipinski definition) is 4. The van der Waals surface area contributed by atoms with Crippen molar-refractivity contribution in [3.63, 3.8) is 0 Å². The lowest BCUT2D eigenvalue weighted by atomic mass is 9.98. The summed E-state index contributed by atoms with van der Waals surface area (Å²) in [4.78, 5) is 15.1. The van der Waals surface area contributed by atoms with Crippen molar-refractivity contribution in [2.75, 3.05) is 42.7 Å². The smallest absolute Gasteiger partial charge is 0.369 e. The quantitative estimate of drug-likeness (QED) is 0.548. The van der Waals surface area contributed by atoms with Crippen molar-refractivity contribution in [2.24, 2.45) is 0 Å². The summed E-state index contributed by atoms with van der Waals surface area (Å²) in [6, 6.07) is 18.7. The van der Waals surface area contributed by atoms with Gasteiger partial charge in [0.1, 0.15) is 0 Å². The fourth-order valence-corrected chi connectivity index (χ4v) is 4.83. The van der Waals surface area contributed by atoms with Crippen LogP contribution in [0.4, 0.5) is 24.5 Å². The van der Waals surface area contributed by atoms with Crippen molar-refractivity contribution in [2.45, 2.75) is 6.18 Å². The zero-order valence-electron chi connectivity index (χ0n) is 18.9. The molecule has 0 spiro atoms. The average molecular weight is 504 g/mol. The third kappa shape index (κ3) is 5.83. The zero-order chi connectivity index (χ0) is 25.2. The summed E-state index contributed by atoms with van der Waals surface area (Å²) in [6.45, 7) is 1.97. The Bertz CT molecular complexity index is 1300. The van der Waals surface area contributed by atoms with Crippen LogP contribution in [0.15, 0.2) is 72.8 Å². The fourth-order valence-electron chi connectivity index (χ4n) is 4.00. The fraction of sp³-hybridized carbons (Fsp3) is 0.240. The van der Waals surface area contributed by atoms with Gasteiger partial charge in [-0.15, -0.1) is 0 Å². The van der Waals surface area contributed by atoms with Crippen LogP contribution in [0.25, 0.3) is 11.1 Å². The van der Waals surface area contributed by atoms with E-state index in [9.17, 15) is 26.4 Å². The maximum absolute atomic E-state index is 13.0. The minimum Gasteiger partial charge on any atom is -0.369 e. The van der Waals surface area contributed by atoms with Crippen molar-refractivity contribution in [1.29, 1.82) is 0 Å². The number of amides is 1. The monoisotopic (exact) mass is 503 g/mol. The number of piperazine rings is 1. The van der Waals surface area contributed by atoms with E-state index >= 15 is 0 Å². The first-order valence-corrected chi connectivity index (χ1v) is 12.8.